The number of aromatic nitrogens is 2. The molecule has 1 aromatic heterocycles. The van der Waals surface area contributed by atoms with Crippen molar-refractivity contribution >= 4 is 17.7 Å². The van der Waals surface area contributed by atoms with E-state index in [-0.39, 0.29) is 30.8 Å². The number of rotatable bonds is 7. The number of carbonyl (C=O) groups excluding carboxylic acids is 1. The molecule has 0 spiro atoms. The molecule has 24 heavy (non-hydrogen) atoms. The fourth-order valence-corrected chi connectivity index (χ4v) is 1.59. The van der Waals surface area contributed by atoms with Gasteiger partial charge in [0.25, 0.3) is 0 Å². The number of hydrogen-bond acceptors (Lipinski definition) is 9. The minimum absolute atomic E-state index is 0.0697. The van der Waals surface area contributed by atoms with Gasteiger partial charge in [0.1, 0.15) is 5.60 Å². The second-order valence-corrected chi connectivity index (χ2v) is 5.53. The second kappa shape index (κ2) is 8.13. The van der Waals surface area contributed by atoms with Crippen LogP contribution in [0.4, 0.5) is 16.4 Å². The molecule has 0 saturated carbocycles. The van der Waals surface area contributed by atoms with Crippen LogP contribution in [0.25, 0.3) is 0 Å². The third kappa shape index (κ3) is 5.74. The van der Waals surface area contributed by atoms with E-state index in [4.69, 9.17) is 14.2 Å². The number of nitrogens with zero attached hydrogens (tertiary/aromatic N) is 3. The van der Waals surface area contributed by atoms with Gasteiger partial charge >= 0.3 is 23.5 Å². The maximum atomic E-state index is 11.5. The van der Waals surface area contributed by atoms with E-state index in [9.17, 15) is 14.9 Å². The number of nitro groups is 1. The van der Waals surface area contributed by atoms with Gasteiger partial charge in [-0.25, -0.2) is 4.79 Å². The standard InChI is InChI=1S/C13H21N5O6/c1-13(2,3)24-12(19)15-7-6-14-11-16-9(22-4)8(18(20)21)10(17-11)23-5/h6-7H2,1-5H3,(H,15,19)(H,14,16,17). The lowest BCUT2D eigenvalue weighted by Gasteiger charge is -2.19. The highest BCUT2D eigenvalue weighted by Gasteiger charge is 2.26. The van der Waals surface area contributed by atoms with Crippen molar-refractivity contribution in [2.75, 3.05) is 32.6 Å². The molecule has 0 unspecified atom stereocenters. The Kier molecular flexibility index (Phi) is 6.50. The zero-order chi connectivity index (χ0) is 18.3. The summed E-state index contributed by atoms with van der Waals surface area (Å²) >= 11 is 0. The molecule has 11 heteroatoms. The number of alkyl carbamates (subject to hydrolysis) is 1. The monoisotopic (exact) mass is 343 g/mol. The molecule has 11 nitrogen and oxygen atoms in total. The Bertz CT molecular complexity index is 576. The largest absolute Gasteiger partial charge is 0.476 e. The fourth-order valence-electron chi connectivity index (χ4n) is 1.59. The van der Waals surface area contributed by atoms with Gasteiger partial charge < -0.3 is 24.8 Å². The van der Waals surface area contributed by atoms with Crippen LogP contribution >= 0.6 is 0 Å². The van der Waals surface area contributed by atoms with E-state index in [1.165, 1.54) is 14.2 Å². The summed E-state index contributed by atoms with van der Waals surface area (Å²) in [7, 11) is 2.51. The van der Waals surface area contributed by atoms with Crippen molar-refractivity contribution in [1.82, 2.24) is 15.3 Å². The highest BCUT2D eigenvalue weighted by molar-refractivity contribution is 5.67. The van der Waals surface area contributed by atoms with Crippen molar-refractivity contribution in [2.24, 2.45) is 0 Å². The fraction of sp³-hybridized carbons (Fsp3) is 0.615. The van der Waals surface area contributed by atoms with Gasteiger partial charge in [0.05, 0.1) is 19.1 Å². The van der Waals surface area contributed by atoms with Crippen LogP contribution in [0.5, 0.6) is 11.8 Å². The van der Waals surface area contributed by atoms with Crippen LogP contribution in [0.3, 0.4) is 0 Å². The van der Waals surface area contributed by atoms with Crippen molar-refractivity contribution in [3.8, 4) is 11.8 Å². The molecule has 0 aliphatic rings. The van der Waals surface area contributed by atoms with E-state index in [0.29, 0.717) is 0 Å². The quantitative estimate of drug-likeness (QED) is 0.426. The molecule has 134 valence electrons. The summed E-state index contributed by atoms with van der Waals surface area (Å²) in [5.74, 6) is -0.385. The Hall–Kier alpha value is -2.85. The lowest BCUT2D eigenvalue weighted by atomic mass is 10.2. The van der Waals surface area contributed by atoms with Crippen LogP contribution in [-0.4, -0.2) is 53.9 Å². The second-order valence-electron chi connectivity index (χ2n) is 5.53. The van der Waals surface area contributed by atoms with Crippen LogP contribution in [-0.2, 0) is 4.74 Å². The molecule has 0 fully saturated rings. The number of hydrogen-bond donors (Lipinski definition) is 2. The molecule has 0 bridgehead atoms. The van der Waals surface area contributed by atoms with E-state index in [1.807, 2.05) is 0 Å². The van der Waals surface area contributed by atoms with Crippen molar-refractivity contribution in [3.05, 3.63) is 10.1 Å². The average molecular weight is 343 g/mol. The third-order valence-electron chi connectivity index (χ3n) is 2.47. The number of nitrogens with one attached hydrogen (secondary N) is 2. The Morgan fingerprint density at radius 1 is 1.17 bits per heavy atom. The molecule has 0 aromatic carbocycles. The smallest absolute Gasteiger partial charge is 0.407 e. The molecule has 0 aliphatic heterocycles. The molecule has 0 radical (unpaired) electrons. The van der Waals surface area contributed by atoms with Crippen LogP contribution < -0.4 is 20.1 Å². The summed E-state index contributed by atoms with van der Waals surface area (Å²) in [6.45, 7) is 5.78. The SMILES string of the molecule is COc1nc(NCCNC(=O)OC(C)(C)C)nc(OC)c1[N+](=O)[O-]. The summed E-state index contributed by atoms with van der Waals surface area (Å²) in [5, 5.41) is 16.4. The van der Waals surface area contributed by atoms with Crippen molar-refractivity contribution in [1.29, 1.82) is 0 Å². The van der Waals surface area contributed by atoms with Gasteiger partial charge in [0.2, 0.25) is 5.95 Å². The minimum atomic E-state index is -0.689. The van der Waals surface area contributed by atoms with Gasteiger partial charge in [-0.1, -0.05) is 0 Å². The summed E-state index contributed by atoms with van der Waals surface area (Å²) in [6.07, 6.45) is -0.552. The van der Waals surface area contributed by atoms with Gasteiger partial charge in [-0.05, 0) is 20.8 Å². The van der Waals surface area contributed by atoms with Crippen LogP contribution in [0.2, 0.25) is 0 Å². The zero-order valence-corrected chi connectivity index (χ0v) is 14.2. The maximum absolute atomic E-state index is 11.5. The van der Waals surface area contributed by atoms with Gasteiger partial charge in [0.15, 0.2) is 0 Å². The van der Waals surface area contributed by atoms with E-state index >= 15 is 0 Å². The third-order valence-corrected chi connectivity index (χ3v) is 2.47. The van der Waals surface area contributed by atoms with Crippen LogP contribution in [0.15, 0.2) is 0 Å². The first kappa shape index (κ1) is 19.2. The number of anilines is 1. The van der Waals surface area contributed by atoms with Crippen LogP contribution in [0.1, 0.15) is 20.8 Å². The van der Waals surface area contributed by atoms with E-state index in [0.717, 1.165) is 0 Å². The highest BCUT2D eigenvalue weighted by atomic mass is 16.6. The Morgan fingerprint density at radius 2 is 1.71 bits per heavy atom. The Labute approximate surface area is 138 Å². The average Bonchev–Trinajstić information content (AvgIpc) is 2.48. The molecule has 1 amide bonds. The first-order chi connectivity index (χ1) is 11.2. The lowest BCUT2D eigenvalue weighted by molar-refractivity contribution is -0.387. The minimum Gasteiger partial charge on any atom is -0.476 e. The maximum Gasteiger partial charge on any atom is 0.407 e. The molecule has 1 rings (SSSR count). The number of ether oxygens (including phenoxy) is 3. The van der Waals surface area contributed by atoms with Crippen molar-refractivity contribution in [2.45, 2.75) is 26.4 Å². The molecule has 0 atom stereocenters. The summed E-state index contributed by atoms with van der Waals surface area (Å²) in [5.41, 5.74) is -1.04. The van der Waals surface area contributed by atoms with E-state index < -0.39 is 22.3 Å². The Balaban J connectivity index is 2.66. The number of amides is 1. The van der Waals surface area contributed by atoms with Gasteiger partial charge in [-0.3, -0.25) is 10.1 Å². The van der Waals surface area contributed by atoms with Gasteiger partial charge in [-0.2, -0.15) is 9.97 Å². The van der Waals surface area contributed by atoms with Crippen molar-refractivity contribution in [3.63, 3.8) is 0 Å². The summed E-state index contributed by atoms with van der Waals surface area (Å²) < 4.78 is 14.9. The van der Waals surface area contributed by atoms with Gasteiger partial charge in [0, 0.05) is 13.1 Å². The normalized spacial score (nSPS) is 10.7. The Morgan fingerprint density at radius 3 is 2.12 bits per heavy atom. The lowest BCUT2D eigenvalue weighted by Crippen LogP contribution is -2.35. The first-order valence-electron chi connectivity index (χ1n) is 7.03. The number of methoxy groups -OCH3 is 2. The predicted octanol–water partition coefficient (Wildman–Crippen LogP) is 1.34. The topological polar surface area (TPSA) is 138 Å². The van der Waals surface area contributed by atoms with Crippen molar-refractivity contribution < 1.29 is 23.9 Å². The predicted molar refractivity (Wildman–Crippen MR) is 84.5 cm³/mol. The van der Waals surface area contributed by atoms with Crippen LogP contribution in [0, 0.1) is 10.1 Å². The molecule has 2 N–H and O–H groups in total. The summed E-state index contributed by atoms with van der Waals surface area (Å²) in [4.78, 5) is 29.6. The molecule has 0 aliphatic carbocycles. The molecule has 0 saturated heterocycles. The van der Waals surface area contributed by atoms with E-state index in [2.05, 4.69) is 20.6 Å². The molecule has 1 aromatic rings. The molecular weight excluding hydrogens is 322 g/mol. The zero-order valence-electron chi connectivity index (χ0n) is 14.2. The first-order valence-corrected chi connectivity index (χ1v) is 7.03. The molecular formula is C13H21N5O6. The highest BCUT2D eigenvalue weighted by Crippen LogP contribution is 2.34. The van der Waals surface area contributed by atoms with E-state index in [1.54, 1.807) is 20.8 Å². The summed E-state index contributed by atoms with van der Waals surface area (Å²) in [6, 6.07) is 0. The van der Waals surface area contributed by atoms with Gasteiger partial charge in [-0.15, -0.1) is 0 Å². The number of carbonyl (C=O) groups is 1. The molecule has 1 heterocycles.